The van der Waals surface area contributed by atoms with Gasteiger partial charge < -0.3 is 10.4 Å². The maximum absolute atomic E-state index is 10.8. The van der Waals surface area contributed by atoms with Gasteiger partial charge in [0.05, 0.1) is 10.6 Å². The van der Waals surface area contributed by atoms with Crippen molar-refractivity contribution < 1.29 is 9.90 Å². The van der Waals surface area contributed by atoms with Gasteiger partial charge in [0.1, 0.15) is 5.82 Å². The van der Waals surface area contributed by atoms with Gasteiger partial charge in [0.25, 0.3) is 0 Å². The highest BCUT2D eigenvalue weighted by Gasteiger charge is 2.08. The third-order valence-corrected chi connectivity index (χ3v) is 2.67. The van der Waals surface area contributed by atoms with Crippen molar-refractivity contribution >= 4 is 29.1 Å². The lowest BCUT2D eigenvalue weighted by Gasteiger charge is -2.08. The Kier molecular flexibility index (Phi) is 3.69. The molecule has 0 bridgehead atoms. The van der Waals surface area contributed by atoms with Crippen molar-refractivity contribution in [3.63, 3.8) is 0 Å². The number of nitrogens with zero attached hydrogens (tertiary/aromatic N) is 1. The van der Waals surface area contributed by atoms with Crippen LogP contribution in [0.2, 0.25) is 5.02 Å². The highest BCUT2D eigenvalue weighted by molar-refractivity contribution is 6.33. The van der Waals surface area contributed by atoms with E-state index >= 15 is 0 Å². The Morgan fingerprint density at radius 2 is 2.21 bits per heavy atom. The lowest BCUT2D eigenvalue weighted by atomic mass is 10.2. The fourth-order valence-electron chi connectivity index (χ4n) is 1.47. The summed E-state index contributed by atoms with van der Waals surface area (Å²) >= 11 is 5.97. The van der Waals surface area contributed by atoms with E-state index in [2.05, 4.69) is 16.2 Å². The van der Waals surface area contributed by atoms with Crippen LogP contribution in [0.5, 0.6) is 0 Å². The summed E-state index contributed by atoms with van der Waals surface area (Å²) in [4.78, 5) is 14.7. The number of nitrogens with one attached hydrogen (secondary N) is 1. The summed E-state index contributed by atoms with van der Waals surface area (Å²) in [7, 11) is 0. The molecule has 2 rings (SSSR count). The summed E-state index contributed by atoms with van der Waals surface area (Å²) in [5, 5.41) is 12.0. The number of aromatic carboxylic acids is 1. The summed E-state index contributed by atoms with van der Waals surface area (Å²) in [6.45, 7) is 0. The maximum Gasteiger partial charge on any atom is 0.337 e. The van der Waals surface area contributed by atoms with Crippen molar-refractivity contribution in [3.05, 3.63) is 52.7 Å². The Morgan fingerprint density at radius 1 is 1.42 bits per heavy atom. The third kappa shape index (κ3) is 3.03. The normalized spacial score (nSPS) is 9.68. The average molecular weight is 273 g/mol. The number of halogens is 1. The number of anilines is 2. The standard InChI is InChI=1S/C14H9ClN2O2/c1-2-9-4-3-5-11(6-9)17-13-12(15)7-10(8-16-13)14(18)19/h1,3-8H,(H,16,17)(H,18,19). The molecule has 94 valence electrons. The molecule has 2 aromatic rings. The molecule has 0 amide bonds. The molecule has 2 N–H and O–H groups in total. The fraction of sp³-hybridized carbons (Fsp3) is 0. The van der Waals surface area contributed by atoms with Crippen molar-refractivity contribution in [2.45, 2.75) is 0 Å². The van der Waals surface area contributed by atoms with Gasteiger partial charge in [0.2, 0.25) is 0 Å². The maximum atomic E-state index is 10.8. The molecule has 0 atom stereocenters. The largest absolute Gasteiger partial charge is 0.478 e. The van der Waals surface area contributed by atoms with Crippen LogP contribution in [-0.4, -0.2) is 16.1 Å². The zero-order valence-corrected chi connectivity index (χ0v) is 10.5. The lowest BCUT2D eigenvalue weighted by molar-refractivity contribution is 0.0696. The van der Waals surface area contributed by atoms with Gasteiger partial charge >= 0.3 is 5.97 Å². The number of carboxylic acids is 1. The van der Waals surface area contributed by atoms with E-state index in [1.54, 1.807) is 18.2 Å². The number of carbonyl (C=O) groups is 1. The predicted octanol–water partition coefficient (Wildman–Crippen LogP) is 3.16. The van der Waals surface area contributed by atoms with Crippen LogP contribution in [0, 0.1) is 12.3 Å². The van der Waals surface area contributed by atoms with Gasteiger partial charge in [-0.1, -0.05) is 23.6 Å². The third-order valence-electron chi connectivity index (χ3n) is 2.38. The molecule has 0 radical (unpaired) electrons. The van der Waals surface area contributed by atoms with Gasteiger partial charge in [-0.3, -0.25) is 0 Å². The summed E-state index contributed by atoms with van der Waals surface area (Å²) in [5.41, 5.74) is 1.49. The molecule has 1 heterocycles. The number of aromatic nitrogens is 1. The SMILES string of the molecule is C#Cc1cccc(Nc2ncc(C(=O)O)cc2Cl)c1. The van der Waals surface area contributed by atoms with E-state index in [4.69, 9.17) is 23.1 Å². The van der Waals surface area contributed by atoms with Gasteiger partial charge in [0, 0.05) is 17.4 Å². The van der Waals surface area contributed by atoms with Crippen LogP contribution in [0.1, 0.15) is 15.9 Å². The Labute approximate surface area is 115 Å². The molecule has 0 aliphatic rings. The van der Waals surface area contributed by atoms with E-state index < -0.39 is 5.97 Å². The first-order valence-corrected chi connectivity index (χ1v) is 5.70. The zero-order valence-electron chi connectivity index (χ0n) is 9.72. The van der Waals surface area contributed by atoms with Crippen LogP contribution < -0.4 is 5.32 Å². The van der Waals surface area contributed by atoms with Gasteiger partial charge in [0.15, 0.2) is 0 Å². The van der Waals surface area contributed by atoms with E-state index in [0.29, 0.717) is 5.82 Å². The Bertz CT molecular complexity index is 677. The van der Waals surface area contributed by atoms with Gasteiger partial charge in [-0.2, -0.15) is 0 Å². The second-order valence-electron chi connectivity index (χ2n) is 3.71. The Hall–Kier alpha value is -2.51. The average Bonchev–Trinajstić information content (AvgIpc) is 2.41. The molecule has 0 saturated heterocycles. The van der Waals surface area contributed by atoms with Crippen molar-refractivity contribution in [1.82, 2.24) is 4.98 Å². The molecule has 0 aliphatic heterocycles. The molecule has 0 saturated carbocycles. The monoisotopic (exact) mass is 272 g/mol. The van der Waals surface area contributed by atoms with Gasteiger partial charge in [-0.25, -0.2) is 9.78 Å². The Balaban J connectivity index is 2.28. The van der Waals surface area contributed by atoms with Crippen LogP contribution in [0.4, 0.5) is 11.5 Å². The first kappa shape index (κ1) is 12.9. The Morgan fingerprint density at radius 3 is 2.84 bits per heavy atom. The predicted molar refractivity (Wildman–Crippen MR) is 73.9 cm³/mol. The molecular formula is C14H9ClN2O2. The minimum absolute atomic E-state index is 0.0351. The molecule has 19 heavy (non-hydrogen) atoms. The van der Waals surface area contributed by atoms with Crippen LogP contribution >= 0.6 is 11.6 Å². The van der Waals surface area contributed by atoms with Crippen LogP contribution in [0.3, 0.4) is 0 Å². The highest BCUT2D eigenvalue weighted by atomic mass is 35.5. The molecule has 0 aliphatic carbocycles. The minimum Gasteiger partial charge on any atom is -0.478 e. The fourth-order valence-corrected chi connectivity index (χ4v) is 1.68. The number of pyridine rings is 1. The topological polar surface area (TPSA) is 62.2 Å². The molecule has 1 aromatic carbocycles. The van der Waals surface area contributed by atoms with E-state index in [0.717, 1.165) is 11.3 Å². The zero-order chi connectivity index (χ0) is 13.8. The smallest absolute Gasteiger partial charge is 0.337 e. The van der Waals surface area contributed by atoms with E-state index in [9.17, 15) is 4.79 Å². The summed E-state index contributed by atoms with van der Waals surface area (Å²) in [6.07, 6.45) is 6.55. The second kappa shape index (κ2) is 5.42. The van der Waals surface area contributed by atoms with Crippen molar-refractivity contribution in [2.24, 2.45) is 0 Å². The number of rotatable bonds is 3. The number of carboxylic acid groups (broad SMARTS) is 1. The first-order chi connectivity index (χ1) is 9.10. The first-order valence-electron chi connectivity index (χ1n) is 5.32. The number of hydrogen-bond acceptors (Lipinski definition) is 3. The molecule has 5 heteroatoms. The van der Waals surface area contributed by atoms with E-state index in [-0.39, 0.29) is 10.6 Å². The van der Waals surface area contributed by atoms with Crippen molar-refractivity contribution in [1.29, 1.82) is 0 Å². The van der Waals surface area contributed by atoms with Crippen LogP contribution in [0.25, 0.3) is 0 Å². The van der Waals surface area contributed by atoms with Crippen LogP contribution in [-0.2, 0) is 0 Å². The van der Waals surface area contributed by atoms with Gasteiger partial charge in [-0.05, 0) is 24.3 Å². The second-order valence-corrected chi connectivity index (χ2v) is 4.12. The van der Waals surface area contributed by atoms with E-state index in [1.165, 1.54) is 12.3 Å². The summed E-state index contributed by atoms with van der Waals surface area (Å²) in [6, 6.07) is 8.52. The van der Waals surface area contributed by atoms with E-state index in [1.807, 2.05) is 6.07 Å². The summed E-state index contributed by atoms with van der Waals surface area (Å²) < 4.78 is 0. The van der Waals surface area contributed by atoms with Gasteiger partial charge in [-0.15, -0.1) is 6.42 Å². The quantitative estimate of drug-likeness (QED) is 0.843. The molecular weight excluding hydrogens is 264 g/mol. The summed E-state index contributed by atoms with van der Waals surface area (Å²) in [5.74, 6) is 1.82. The molecule has 4 nitrogen and oxygen atoms in total. The molecule has 0 spiro atoms. The van der Waals surface area contributed by atoms with Crippen molar-refractivity contribution in [3.8, 4) is 12.3 Å². The molecule has 0 fully saturated rings. The number of hydrogen-bond donors (Lipinski definition) is 2. The highest BCUT2D eigenvalue weighted by Crippen LogP contribution is 2.24. The van der Waals surface area contributed by atoms with Crippen LogP contribution in [0.15, 0.2) is 36.5 Å². The molecule has 0 unspecified atom stereocenters. The number of terminal acetylenes is 1. The van der Waals surface area contributed by atoms with Crippen molar-refractivity contribution in [2.75, 3.05) is 5.32 Å². The molecule has 1 aromatic heterocycles. The minimum atomic E-state index is -1.07. The lowest BCUT2D eigenvalue weighted by Crippen LogP contribution is -2.00. The number of benzene rings is 1.